The van der Waals surface area contributed by atoms with E-state index in [1.165, 1.54) is 42.6 Å². The maximum atomic E-state index is 14.4. The van der Waals surface area contributed by atoms with Crippen LogP contribution in [0.1, 0.15) is 33.2 Å². The fraction of sp³-hybridized carbons (Fsp3) is 0.143. The molecule has 5 nitrogen and oxygen atoms in total. The molecule has 0 saturated carbocycles. The van der Waals surface area contributed by atoms with Gasteiger partial charge >= 0.3 is 0 Å². The van der Waals surface area contributed by atoms with E-state index in [2.05, 4.69) is 10.3 Å². The van der Waals surface area contributed by atoms with Crippen LogP contribution < -0.4 is 5.32 Å². The number of hydrogen-bond acceptors (Lipinski definition) is 4. The molecule has 1 N–H and O–H groups in total. The summed E-state index contributed by atoms with van der Waals surface area (Å²) in [6.45, 7) is -0.645. The molecule has 8 heteroatoms. The van der Waals surface area contributed by atoms with E-state index in [1.54, 1.807) is 24.3 Å². The largest absolute Gasteiger partial charge is 0.339 e. The highest BCUT2D eigenvalue weighted by Gasteiger charge is 2.23. The minimum absolute atomic E-state index is 0.00184. The standard InChI is InChI=1S/C21H18F2N2O3S/c1-29(27,28)17-5-2-4-16(12-17)21(26)25-19(20-18(23)6-3-11-24-20)15-9-7-14(13-22)8-10-15/h2-12,19H,13H2,1H3,(H,25,26)/t19-/m0/s1. The van der Waals surface area contributed by atoms with Crippen molar-refractivity contribution in [3.05, 3.63) is 95.1 Å². The summed E-state index contributed by atoms with van der Waals surface area (Å²) in [5.74, 6) is -1.21. The van der Waals surface area contributed by atoms with Crippen LogP contribution in [0.3, 0.4) is 0 Å². The minimum Gasteiger partial charge on any atom is -0.339 e. The van der Waals surface area contributed by atoms with Crippen LogP contribution >= 0.6 is 0 Å². The van der Waals surface area contributed by atoms with Gasteiger partial charge in [-0.15, -0.1) is 0 Å². The number of amides is 1. The second-order valence-corrected chi connectivity index (χ2v) is 8.47. The second-order valence-electron chi connectivity index (χ2n) is 6.45. The lowest BCUT2D eigenvalue weighted by atomic mass is 10.0. The van der Waals surface area contributed by atoms with Crippen LogP contribution in [-0.2, 0) is 16.5 Å². The lowest BCUT2D eigenvalue weighted by Crippen LogP contribution is -2.30. The lowest BCUT2D eigenvalue weighted by molar-refractivity contribution is 0.0941. The van der Waals surface area contributed by atoms with Crippen molar-refractivity contribution in [2.24, 2.45) is 0 Å². The zero-order valence-corrected chi connectivity index (χ0v) is 16.3. The Morgan fingerprint density at radius 2 is 1.83 bits per heavy atom. The van der Waals surface area contributed by atoms with E-state index < -0.39 is 34.3 Å². The normalized spacial score (nSPS) is 12.4. The Labute approximate surface area is 167 Å². The highest BCUT2D eigenvalue weighted by Crippen LogP contribution is 2.24. The average Bonchev–Trinajstić information content (AvgIpc) is 2.72. The molecule has 1 aromatic heterocycles. The molecule has 1 amide bonds. The highest BCUT2D eigenvalue weighted by atomic mass is 32.2. The summed E-state index contributed by atoms with van der Waals surface area (Å²) in [4.78, 5) is 16.8. The van der Waals surface area contributed by atoms with Crippen molar-refractivity contribution in [2.75, 3.05) is 6.26 Å². The highest BCUT2D eigenvalue weighted by molar-refractivity contribution is 7.90. The number of alkyl halides is 1. The first-order chi connectivity index (χ1) is 13.8. The summed E-state index contributed by atoms with van der Waals surface area (Å²) in [7, 11) is -3.49. The van der Waals surface area contributed by atoms with Crippen molar-refractivity contribution >= 4 is 15.7 Å². The van der Waals surface area contributed by atoms with Crippen molar-refractivity contribution in [2.45, 2.75) is 17.6 Å². The summed E-state index contributed by atoms with van der Waals surface area (Å²) in [5.41, 5.74) is 1.05. The third kappa shape index (κ3) is 4.83. The molecule has 0 radical (unpaired) electrons. The molecule has 150 valence electrons. The number of aromatic nitrogens is 1. The number of nitrogens with zero attached hydrogens (tertiary/aromatic N) is 1. The van der Waals surface area contributed by atoms with Gasteiger partial charge in [0.05, 0.1) is 10.9 Å². The summed E-state index contributed by atoms with van der Waals surface area (Å²) < 4.78 is 50.7. The molecular weight excluding hydrogens is 398 g/mol. The van der Waals surface area contributed by atoms with E-state index in [-0.39, 0.29) is 16.2 Å². The number of benzene rings is 2. The van der Waals surface area contributed by atoms with Gasteiger partial charge in [0.1, 0.15) is 18.2 Å². The topological polar surface area (TPSA) is 76.1 Å². The molecule has 0 spiro atoms. The van der Waals surface area contributed by atoms with Crippen LogP contribution in [0.5, 0.6) is 0 Å². The molecule has 3 rings (SSSR count). The van der Waals surface area contributed by atoms with E-state index in [1.807, 2.05) is 0 Å². The van der Waals surface area contributed by atoms with Crippen molar-refractivity contribution in [3.63, 3.8) is 0 Å². The number of hydrogen-bond donors (Lipinski definition) is 1. The summed E-state index contributed by atoms with van der Waals surface area (Å²) in [6.07, 6.45) is 2.44. The second kappa shape index (κ2) is 8.48. The number of rotatable bonds is 6. The summed E-state index contributed by atoms with van der Waals surface area (Å²) in [6, 6.07) is 13.5. The lowest BCUT2D eigenvalue weighted by Gasteiger charge is -2.20. The van der Waals surface area contributed by atoms with Crippen molar-refractivity contribution < 1.29 is 22.0 Å². The van der Waals surface area contributed by atoms with Crippen molar-refractivity contribution in [1.29, 1.82) is 0 Å². The maximum Gasteiger partial charge on any atom is 0.252 e. The van der Waals surface area contributed by atoms with E-state index in [0.29, 0.717) is 11.1 Å². The molecule has 0 unspecified atom stereocenters. The van der Waals surface area contributed by atoms with E-state index >= 15 is 0 Å². The molecule has 1 heterocycles. The molecule has 0 aliphatic rings. The summed E-state index contributed by atoms with van der Waals surface area (Å²) >= 11 is 0. The Morgan fingerprint density at radius 3 is 2.45 bits per heavy atom. The van der Waals surface area contributed by atoms with Crippen LogP contribution in [-0.4, -0.2) is 25.6 Å². The Balaban J connectivity index is 1.99. The minimum atomic E-state index is -3.49. The van der Waals surface area contributed by atoms with Crippen LogP contribution in [0.15, 0.2) is 71.8 Å². The number of halogens is 2. The number of pyridine rings is 1. The van der Waals surface area contributed by atoms with Crippen LogP contribution in [0.4, 0.5) is 8.78 Å². The Kier molecular flexibility index (Phi) is 6.03. The fourth-order valence-electron chi connectivity index (χ4n) is 2.80. The molecule has 2 aromatic carbocycles. The third-order valence-electron chi connectivity index (χ3n) is 4.33. The quantitative estimate of drug-likeness (QED) is 0.666. The molecule has 0 fully saturated rings. The Bertz CT molecular complexity index is 1130. The first-order valence-corrected chi connectivity index (χ1v) is 10.5. The van der Waals surface area contributed by atoms with Crippen LogP contribution in [0, 0.1) is 5.82 Å². The monoisotopic (exact) mass is 416 g/mol. The van der Waals surface area contributed by atoms with E-state index in [4.69, 9.17) is 0 Å². The van der Waals surface area contributed by atoms with Crippen molar-refractivity contribution in [3.8, 4) is 0 Å². The van der Waals surface area contributed by atoms with Gasteiger partial charge in [0.15, 0.2) is 9.84 Å². The number of carbonyl (C=O) groups is 1. The smallest absolute Gasteiger partial charge is 0.252 e. The molecule has 0 bridgehead atoms. The molecule has 29 heavy (non-hydrogen) atoms. The summed E-state index contributed by atoms with van der Waals surface area (Å²) in [5, 5.41) is 2.69. The van der Waals surface area contributed by atoms with Gasteiger partial charge in [-0.05, 0) is 41.5 Å². The zero-order valence-electron chi connectivity index (χ0n) is 15.5. The van der Waals surface area contributed by atoms with Gasteiger partial charge in [0.2, 0.25) is 0 Å². The zero-order chi connectivity index (χ0) is 21.0. The molecule has 0 saturated heterocycles. The maximum absolute atomic E-state index is 14.4. The Hall–Kier alpha value is -3.13. The number of carbonyl (C=O) groups excluding carboxylic acids is 1. The SMILES string of the molecule is CS(=O)(=O)c1cccc(C(=O)N[C@@H](c2ccc(CF)cc2)c2ncccc2F)c1. The molecular formula is C21H18F2N2O3S. The van der Waals surface area contributed by atoms with Crippen LogP contribution in [0.2, 0.25) is 0 Å². The van der Waals surface area contributed by atoms with E-state index in [9.17, 15) is 22.0 Å². The first-order valence-electron chi connectivity index (χ1n) is 8.66. The van der Waals surface area contributed by atoms with Gasteiger partial charge in [0, 0.05) is 18.0 Å². The number of nitrogens with one attached hydrogen (secondary N) is 1. The molecule has 3 aromatic rings. The molecule has 0 aliphatic carbocycles. The molecule has 1 atom stereocenters. The third-order valence-corrected chi connectivity index (χ3v) is 5.44. The van der Waals surface area contributed by atoms with Crippen LogP contribution in [0.25, 0.3) is 0 Å². The first kappa shape index (κ1) is 20.6. The van der Waals surface area contributed by atoms with Gasteiger partial charge < -0.3 is 5.32 Å². The van der Waals surface area contributed by atoms with Gasteiger partial charge in [0.25, 0.3) is 5.91 Å². The predicted octanol–water partition coefficient (Wildman–Crippen LogP) is 3.61. The predicted molar refractivity (Wildman–Crippen MR) is 104 cm³/mol. The van der Waals surface area contributed by atoms with Gasteiger partial charge in [-0.2, -0.15) is 0 Å². The van der Waals surface area contributed by atoms with E-state index in [0.717, 1.165) is 6.26 Å². The number of sulfone groups is 1. The van der Waals surface area contributed by atoms with Gasteiger partial charge in [-0.3, -0.25) is 9.78 Å². The van der Waals surface area contributed by atoms with Crippen molar-refractivity contribution in [1.82, 2.24) is 10.3 Å². The van der Waals surface area contributed by atoms with Gasteiger partial charge in [-0.1, -0.05) is 30.3 Å². The molecule has 0 aliphatic heterocycles. The average molecular weight is 416 g/mol. The Morgan fingerprint density at radius 1 is 1.10 bits per heavy atom. The van der Waals surface area contributed by atoms with Gasteiger partial charge in [-0.25, -0.2) is 17.2 Å². The fourth-order valence-corrected chi connectivity index (χ4v) is 3.47.